The van der Waals surface area contributed by atoms with Crippen molar-refractivity contribution in [3.8, 4) is 0 Å². The van der Waals surface area contributed by atoms with E-state index >= 15 is 0 Å². The first kappa shape index (κ1) is 34.2. The fraction of sp³-hybridized carbons (Fsp3) is 1.00. The quantitative estimate of drug-likeness (QED) is 0.0806. The molecule has 0 aliphatic heterocycles. The van der Waals surface area contributed by atoms with Crippen LogP contribution in [-0.2, 0) is 0 Å². The van der Waals surface area contributed by atoms with Gasteiger partial charge in [-0.2, -0.15) is 0 Å². The Labute approximate surface area is 218 Å². The Balaban J connectivity index is 3.03. The number of hydrogen-bond acceptors (Lipinski definition) is 1. The standard InChI is InChI=1S/C32H68OSi/c1-4-5-6-7-8-9-10-11-12-13-14-15-16-17-18-19-20-21-22-23-24-25-26-27-28-29-30-31-32-34(2,3)33/h33H,4-32H2,1-3H3. The van der Waals surface area contributed by atoms with Crippen LogP contribution in [0.25, 0.3) is 0 Å². The average molecular weight is 497 g/mol. The third kappa shape index (κ3) is 32.2. The summed E-state index contributed by atoms with van der Waals surface area (Å²) >= 11 is 0. The van der Waals surface area contributed by atoms with Crippen LogP contribution in [-0.4, -0.2) is 13.1 Å². The van der Waals surface area contributed by atoms with E-state index in [-0.39, 0.29) is 0 Å². The highest BCUT2D eigenvalue weighted by atomic mass is 28.4. The van der Waals surface area contributed by atoms with Crippen LogP contribution in [0.4, 0.5) is 0 Å². The molecule has 0 saturated carbocycles. The van der Waals surface area contributed by atoms with Gasteiger partial charge in [0.05, 0.1) is 0 Å². The molecule has 1 N–H and O–H groups in total. The molecule has 0 atom stereocenters. The Morgan fingerprint density at radius 3 is 0.676 bits per heavy atom. The van der Waals surface area contributed by atoms with E-state index in [2.05, 4.69) is 20.0 Å². The summed E-state index contributed by atoms with van der Waals surface area (Å²) < 4.78 is 0. The van der Waals surface area contributed by atoms with Crippen LogP contribution in [0.15, 0.2) is 0 Å². The van der Waals surface area contributed by atoms with Crippen molar-refractivity contribution in [3.63, 3.8) is 0 Å². The first-order valence-corrected chi connectivity index (χ1v) is 19.4. The maximum absolute atomic E-state index is 9.85. The Morgan fingerprint density at radius 1 is 0.324 bits per heavy atom. The summed E-state index contributed by atoms with van der Waals surface area (Å²) in [5.74, 6) is 0. The molecule has 0 unspecified atom stereocenters. The third-order valence-corrected chi connectivity index (χ3v) is 9.22. The summed E-state index contributed by atoms with van der Waals surface area (Å²) in [7, 11) is -1.78. The first-order chi connectivity index (χ1) is 16.6. The predicted molar refractivity (Wildman–Crippen MR) is 159 cm³/mol. The van der Waals surface area contributed by atoms with Crippen molar-refractivity contribution in [1.29, 1.82) is 0 Å². The van der Waals surface area contributed by atoms with E-state index in [0.717, 1.165) is 6.04 Å². The zero-order valence-corrected chi connectivity index (χ0v) is 25.5. The van der Waals surface area contributed by atoms with Gasteiger partial charge in [0.2, 0.25) is 0 Å². The van der Waals surface area contributed by atoms with Gasteiger partial charge in [0, 0.05) is 0 Å². The molecule has 0 aromatic rings. The Morgan fingerprint density at radius 2 is 0.500 bits per heavy atom. The van der Waals surface area contributed by atoms with E-state index in [1.54, 1.807) is 0 Å². The normalized spacial score (nSPS) is 12.0. The summed E-state index contributed by atoms with van der Waals surface area (Å²) in [6.07, 6.45) is 40.6. The molecule has 2 heteroatoms. The fourth-order valence-corrected chi connectivity index (χ4v) is 6.34. The van der Waals surface area contributed by atoms with Gasteiger partial charge in [-0.25, -0.2) is 0 Å². The van der Waals surface area contributed by atoms with Gasteiger partial charge < -0.3 is 4.80 Å². The van der Waals surface area contributed by atoms with Crippen LogP contribution in [0.2, 0.25) is 19.1 Å². The second-order valence-electron chi connectivity index (χ2n) is 12.1. The second-order valence-corrected chi connectivity index (χ2v) is 16.2. The molecule has 0 aliphatic rings. The van der Waals surface area contributed by atoms with Gasteiger partial charge in [-0.1, -0.05) is 187 Å². The number of rotatable bonds is 29. The van der Waals surface area contributed by atoms with Gasteiger partial charge in [0.25, 0.3) is 0 Å². The van der Waals surface area contributed by atoms with Crippen LogP contribution in [0.5, 0.6) is 0 Å². The molecule has 206 valence electrons. The van der Waals surface area contributed by atoms with E-state index in [9.17, 15) is 4.80 Å². The largest absolute Gasteiger partial charge is 0.432 e. The van der Waals surface area contributed by atoms with Crippen molar-refractivity contribution in [2.24, 2.45) is 0 Å². The van der Waals surface area contributed by atoms with Crippen LogP contribution >= 0.6 is 0 Å². The molecule has 0 fully saturated rings. The van der Waals surface area contributed by atoms with Crippen molar-refractivity contribution in [3.05, 3.63) is 0 Å². The highest BCUT2D eigenvalue weighted by molar-refractivity contribution is 6.69. The van der Waals surface area contributed by atoms with Gasteiger partial charge in [-0.3, -0.25) is 0 Å². The lowest BCUT2D eigenvalue weighted by molar-refractivity contribution is 0.513. The molecule has 0 aromatic heterocycles. The second kappa shape index (κ2) is 27.8. The minimum Gasteiger partial charge on any atom is -0.432 e. The Bertz CT molecular complexity index is 363. The van der Waals surface area contributed by atoms with E-state index in [4.69, 9.17) is 0 Å². The van der Waals surface area contributed by atoms with Gasteiger partial charge in [-0.05, 0) is 19.1 Å². The maximum atomic E-state index is 9.85. The van der Waals surface area contributed by atoms with Gasteiger partial charge in [0.1, 0.15) is 0 Å². The lowest BCUT2D eigenvalue weighted by Crippen LogP contribution is -2.23. The van der Waals surface area contributed by atoms with Crippen LogP contribution < -0.4 is 0 Å². The lowest BCUT2D eigenvalue weighted by Gasteiger charge is -2.12. The molecule has 0 radical (unpaired) electrons. The van der Waals surface area contributed by atoms with Gasteiger partial charge >= 0.3 is 0 Å². The SMILES string of the molecule is CCCCCCCCCCCCCCCCCCCCCCCCCCCCCC[Si](C)(C)O. The molecule has 0 heterocycles. The zero-order valence-electron chi connectivity index (χ0n) is 24.5. The van der Waals surface area contributed by atoms with Crippen LogP contribution in [0.3, 0.4) is 0 Å². The average Bonchev–Trinajstić information content (AvgIpc) is 2.80. The highest BCUT2D eigenvalue weighted by Gasteiger charge is 2.15. The molecule has 0 aromatic carbocycles. The van der Waals surface area contributed by atoms with Crippen molar-refractivity contribution < 1.29 is 4.80 Å². The molecule has 34 heavy (non-hydrogen) atoms. The molecule has 0 aliphatic carbocycles. The minimum absolute atomic E-state index is 1.09. The van der Waals surface area contributed by atoms with E-state index < -0.39 is 8.32 Å². The summed E-state index contributed by atoms with van der Waals surface area (Å²) in [6.45, 7) is 6.43. The van der Waals surface area contributed by atoms with E-state index in [0.29, 0.717) is 0 Å². The molecule has 1 nitrogen and oxygen atoms in total. The number of unbranched alkanes of at least 4 members (excludes halogenated alkanes) is 27. The van der Waals surface area contributed by atoms with Gasteiger partial charge in [-0.15, -0.1) is 0 Å². The van der Waals surface area contributed by atoms with Crippen molar-refractivity contribution >= 4 is 8.32 Å². The summed E-state index contributed by atoms with van der Waals surface area (Å²) in [4.78, 5) is 9.85. The van der Waals surface area contributed by atoms with Crippen molar-refractivity contribution in [1.82, 2.24) is 0 Å². The van der Waals surface area contributed by atoms with E-state index in [1.807, 2.05) is 0 Å². The fourth-order valence-electron chi connectivity index (χ4n) is 5.23. The summed E-state index contributed by atoms with van der Waals surface area (Å²) in [5.41, 5.74) is 0. The van der Waals surface area contributed by atoms with Crippen LogP contribution in [0.1, 0.15) is 187 Å². The maximum Gasteiger partial charge on any atom is 0.182 e. The molecule has 0 spiro atoms. The zero-order chi connectivity index (χ0) is 25.0. The summed E-state index contributed by atoms with van der Waals surface area (Å²) in [5, 5.41) is 0. The Kier molecular flexibility index (Phi) is 27.9. The first-order valence-electron chi connectivity index (χ1n) is 16.3. The summed E-state index contributed by atoms with van der Waals surface area (Å²) in [6, 6.07) is 1.09. The van der Waals surface area contributed by atoms with Gasteiger partial charge in [0.15, 0.2) is 8.32 Å². The topological polar surface area (TPSA) is 20.2 Å². The monoisotopic (exact) mass is 497 g/mol. The number of hydrogen-bond donors (Lipinski definition) is 1. The smallest absolute Gasteiger partial charge is 0.182 e. The van der Waals surface area contributed by atoms with E-state index in [1.165, 1.54) is 180 Å². The minimum atomic E-state index is -1.78. The van der Waals surface area contributed by atoms with Crippen LogP contribution in [0, 0.1) is 0 Å². The third-order valence-electron chi connectivity index (χ3n) is 7.64. The molecular weight excluding hydrogens is 428 g/mol. The molecular formula is C32H68OSi. The molecule has 0 rings (SSSR count). The predicted octanol–water partition coefficient (Wildman–Crippen LogP) is 12.1. The lowest BCUT2D eigenvalue weighted by atomic mass is 10.0. The molecule has 0 amide bonds. The molecule has 0 saturated heterocycles. The Hall–Kier alpha value is 0.177. The van der Waals surface area contributed by atoms with Crippen molar-refractivity contribution in [2.45, 2.75) is 206 Å². The van der Waals surface area contributed by atoms with Crippen molar-refractivity contribution in [2.75, 3.05) is 0 Å². The highest BCUT2D eigenvalue weighted by Crippen LogP contribution is 2.17. The molecule has 0 bridgehead atoms.